The average molecular weight is 353 g/mol. The van der Waals surface area contributed by atoms with Crippen LogP contribution in [0.4, 0.5) is 0 Å². The lowest BCUT2D eigenvalue weighted by Crippen LogP contribution is -2.30. The van der Waals surface area contributed by atoms with Crippen LogP contribution in [0.5, 0.6) is 5.75 Å². The van der Waals surface area contributed by atoms with Crippen molar-refractivity contribution in [2.24, 2.45) is 0 Å². The number of H-pyrrole nitrogens is 1. The highest BCUT2D eigenvalue weighted by Crippen LogP contribution is 2.35. The van der Waals surface area contributed by atoms with Gasteiger partial charge in [0.2, 0.25) is 0 Å². The molecule has 3 nitrogen and oxygen atoms in total. The molecule has 1 aromatic heterocycles. The van der Waals surface area contributed by atoms with E-state index < -0.39 is 0 Å². The van der Waals surface area contributed by atoms with E-state index in [-0.39, 0.29) is 6.04 Å². The van der Waals surface area contributed by atoms with Gasteiger partial charge in [0.1, 0.15) is 5.75 Å². The van der Waals surface area contributed by atoms with Gasteiger partial charge in [0.05, 0.1) is 12.6 Å². The quantitative estimate of drug-likeness (QED) is 0.500. The predicted molar refractivity (Wildman–Crippen MR) is 104 cm³/mol. The maximum Gasteiger partial charge on any atom is 0.119 e. The second-order valence-corrected chi connectivity index (χ2v) is 6.78. The molecule has 4 rings (SSSR count). The zero-order valence-corrected chi connectivity index (χ0v) is 14.8. The lowest BCUT2D eigenvalue weighted by molar-refractivity contribution is 0.325. The van der Waals surface area contributed by atoms with E-state index in [0.717, 1.165) is 35.7 Å². The summed E-state index contributed by atoms with van der Waals surface area (Å²) in [6.45, 7) is 5.33. The van der Waals surface area contributed by atoms with Gasteiger partial charge < -0.3 is 15.0 Å². The van der Waals surface area contributed by atoms with Crippen LogP contribution in [0.1, 0.15) is 29.3 Å². The SMILES string of the molecule is C=CCCOc1ccc(C2NCCc3c2[nH]c2ccc(Cl)cc32)cc1. The molecule has 0 bridgehead atoms. The summed E-state index contributed by atoms with van der Waals surface area (Å²) < 4.78 is 5.71. The third kappa shape index (κ3) is 3.17. The fourth-order valence-electron chi connectivity index (χ4n) is 3.50. The molecule has 1 atom stereocenters. The summed E-state index contributed by atoms with van der Waals surface area (Å²) in [7, 11) is 0. The van der Waals surface area contributed by atoms with E-state index in [2.05, 4.69) is 41.1 Å². The Bertz CT molecular complexity index is 898. The number of halogens is 1. The number of fused-ring (bicyclic) bond motifs is 3. The van der Waals surface area contributed by atoms with Gasteiger partial charge in [-0.1, -0.05) is 29.8 Å². The topological polar surface area (TPSA) is 37.0 Å². The zero-order chi connectivity index (χ0) is 17.2. The molecule has 0 saturated carbocycles. The first-order valence-electron chi connectivity index (χ1n) is 8.63. The van der Waals surface area contributed by atoms with E-state index in [1.54, 1.807) is 0 Å². The molecular weight excluding hydrogens is 332 g/mol. The van der Waals surface area contributed by atoms with Crippen LogP contribution in [0.25, 0.3) is 10.9 Å². The van der Waals surface area contributed by atoms with Gasteiger partial charge in [-0.2, -0.15) is 0 Å². The molecule has 4 heteroatoms. The van der Waals surface area contributed by atoms with Gasteiger partial charge in [-0.15, -0.1) is 6.58 Å². The van der Waals surface area contributed by atoms with Crippen molar-refractivity contribution in [3.8, 4) is 5.75 Å². The number of hydrogen-bond acceptors (Lipinski definition) is 2. The van der Waals surface area contributed by atoms with Crippen molar-refractivity contribution in [3.63, 3.8) is 0 Å². The molecule has 2 aromatic carbocycles. The highest BCUT2D eigenvalue weighted by atomic mass is 35.5. The largest absolute Gasteiger partial charge is 0.493 e. The number of benzene rings is 2. The maximum absolute atomic E-state index is 6.19. The zero-order valence-electron chi connectivity index (χ0n) is 14.0. The smallest absolute Gasteiger partial charge is 0.119 e. The molecule has 128 valence electrons. The Morgan fingerprint density at radius 2 is 2.04 bits per heavy atom. The molecule has 0 aliphatic carbocycles. The molecule has 25 heavy (non-hydrogen) atoms. The molecule has 0 spiro atoms. The van der Waals surface area contributed by atoms with E-state index in [4.69, 9.17) is 16.3 Å². The molecule has 1 unspecified atom stereocenters. The molecule has 3 aromatic rings. The monoisotopic (exact) mass is 352 g/mol. The van der Waals surface area contributed by atoms with Crippen LogP contribution in [0.3, 0.4) is 0 Å². The van der Waals surface area contributed by atoms with Crippen molar-refractivity contribution in [2.75, 3.05) is 13.2 Å². The molecule has 1 aliphatic rings. The minimum Gasteiger partial charge on any atom is -0.493 e. The maximum atomic E-state index is 6.19. The summed E-state index contributed by atoms with van der Waals surface area (Å²) in [5, 5.41) is 5.64. The lowest BCUT2D eigenvalue weighted by Gasteiger charge is -2.25. The van der Waals surface area contributed by atoms with Gasteiger partial charge in [-0.3, -0.25) is 0 Å². The first-order valence-corrected chi connectivity index (χ1v) is 9.01. The molecule has 2 heterocycles. The molecule has 0 saturated heterocycles. The van der Waals surface area contributed by atoms with Crippen molar-refractivity contribution < 1.29 is 4.74 Å². The Balaban J connectivity index is 1.64. The molecule has 2 N–H and O–H groups in total. The standard InChI is InChI=1S/C21H21ClN2O/c1-2-3-12-25-16-7-4-14(5-8-16)20-21-17(10-11-23-20)18-13-15(22)6-9-19(18)24-21/h2,4-9,13,20,23-24H,1,3,10-12H2. The van der Waals surface area contributed by atoms with Crippen LogP contribution in [0.2, 0.25) is 5.02 Å². The van der Waals surface area contributed by atoms with Gasteiger partial charge in [-0.05, 0) is 54.3 Å². The molecule has 0 amide bonds. The van der Waals surface area contributed by atoms with Gasteiger partial charge in [0, 0.05) is 28.2 Å². The van der Waals surface area contributed by atoms with Crippen LogP contribution in [0, 0.1) is 0 Å². The highest BCUT2D eigenvalue weighted by molar-refractivity contribution is 6.31. The second kappa shape index (κ2) is 6.95. The minimum atomic E-state index is 0.164. The van der Waals surface area contributed by atoms with Crippen molar-refractivity contribution in [1.29, 1.82) is 0 Å². The fourth-order valence-corrected chi connectivity index (χ4v) is 3.67. The Morgan fingerprint density at radius 1 is 1.20 bits per heavy atom. The van der Waals surface area contributed by atoms with Crippen molar-refractivity contribution in [2.45, 2.75) is 18.9 Å². The first-order chi connectivity index (χ1) is 12.3. The summed E-state index contributed by atoms with van der Waals surface area (Å²) in [4.78, 5) is 3.58. The third-order valence-corrected chi connectivity index (χ3v) is 4.95. The van der Waals surface area contributed by atoms with Crippen molar-refractivity contribution in [3.05, 3.63) is 77.0 Å². The minimum absolute atomic E-state index is 0.164. The second-order valence-electron chi connectivity index (χ2n) is 6.34. The molecule has 1 aliphatic heterocycles. The molecule has 0 fully saturated rings. The van der Waals surface area contributed by atoms with Crippen LogP contribution in [0.15, 0.2) is 55.1 Å². The summed E-state index contributed by atoms with van der Waals surface area (Å²) in [6.07, 6.45) is 3.73. The number of aromatic nitrogens is 1. The van der Waals surface area contributed by atoms with Crippen LogP contribution >= 0.6 is 11.6 Å². The number of rotatable bonds is 5. The summed E-state index contributed by atoms with van der Waals surface area (Å²) in [6, 6.07) is 14.6. The number of aromatic amines is 1. The van der Waals surface area contributed by atoms with Gasteiger partial charge in [0.15, 0.2) is 0 Å². The van der Waals surface area contributed by atoms with Crippen molar-refractivity contribution >= 4 is 22.5 Å². The molecule has 0 radical (unpaired) electrons. The Hall–Kier alpha value is -2.23. The predicted octanol–water partition coefficient (Wildman–Crippen LogP) is 5.01. The van der Waals surface area contributed by atoms with E-state index in [9.17, 15) is 0 Å². The number of nitrogens with one attached hydrogen (secondary N) is 2. The summed E-state index contributed by atoms with van der Waals surface area (Å²) in [5.74, 6) is 0.894. The van der Waals surface area contributed by atoms with E-state index >= 15 is 0 Å². The summed E-state index contributed by atoms with van der Waals surface area (Å²) >= 11 is 6.19. The molecular formula is C21H21ClN2O. The number of ether oxygens (including phenoxy) is 1. The summed E-state index contributed by atoms with van der Waals surface area (Å²) in [5.41, 5.74) is 4.98. The van der Waals surface area contributed by atoms with E-state index in [0.29, 0.717) is 6.61 Å². The lowest BCUT2D eigenvalue weighted by atomic mass is 9.94. The normalized spacial score (nSPS) is 16.6. The number of hydrogen-bond donors (Lipinski definition) is 2. The van der Waals surface area contributed by atoms with Crippen molar-refractivity contribution in [1.82, 2.24) is 10.3 Å². The van der Waals surface area contributed by atoms with Gasteiger partial charge >= 0.3 is 0 Å². The Labute approximate surface area is 152 Å². The first kappa shape index (κ1) is 16.2. The van der Waals surface area contributed by atoms with E-state index in [1.807, 2.05) is 24.3 Å². The van der Waals surface area contributed by atoms with E-state index in [1.165, 1.54) is 22.2 Å². The Morgan fingerprint density at radius 3 is 2.84 bits per heavy atom. The highest BCUT2D eigenvalue weighted by Gasteiger charge is 2.25. The third-order valence-electron chi connectivity index (χ3n) is 4.72. The van der Waals surface area contributed by atoms with Gasteiger partial charge in [0.25, 0.3) is 0 Å². The van der Waals surface area contributed by atoms with Crippen LogP contribution in [-0.2, 0) is 6.42 Å². The Kier molecular flexibility index (Phi) is 4.51. The van der Waals surface area contributed by atoms with Crippen LogP contribution < -0.4 is 10.1 Å². The fraction of sp³-hybridized carbons (Fsp3) is 0.238. The average Bonchev–Trinajstić information content (AvgIpc) is 3.00. The van der Waals surface area contributed by atoms with Gasteiger partial charge in [-0.25, -0.2) is 0 Å². The van der Waals surface area contributed by atoms with Crippen LogP contribution in [-0.4, -0.2) is 18.1 Å².